The molecule has 0 atom stereocenters. The molecule has 0 spiro atoms. The number of ether oxygens (including phenoxy) is 1. The van der Waals surface area contributed by atoms with Gasteiger partial charge in [-0.25, -0.2) is 0 Å². The molecule has 0 aromatic rings. The molecule has 1 aliphatic heterocycles. The Morgan fingerprint density at radius 3 is 2.71 bits per heavy atom. The molecule has 78 valence electrons. The van der Waals surface area contributed by atoms with Gasteiger partial charge in [0.2, 0.25) is 0 Å². The van der Waals surface area contributed by atoms with Crippen LogP contribution in [0.4, 0.5) is 0 Å². The monoisotopic (exact) mass is 192 g/mol. The third-order valence-electron chi connectivity index (χ3n) is 3.14. The van der Waals surface area contributed by atoms with E-state index >= 15 is 0 Å². The van der Waals surface area contributed by atoms with Crippen LogP contribution in [0.5, 0.6) is 0 Å². The summed E-state index contributed by atoms with van der Waals surface area (Å²) in [5.41, 5.74) is 3.05. The highest BCUT2D eigenvalue weighted by molar-refractivity contribution is 5.30. The molecule has 1 heterocycles. The van der Waals surface area contributed by atoms with Crippen LogP contribution in [-0.2, 0) is 4.74 Å². The van der Waals surface area contributed by atoms with E-state index in [0.29, 0.717) is 0 Å². The summed E-state index contributed by atoms with van der Waals surface area (Å²) < 4.78 is 5.50. The van der Waals surface area contributed by atoms with Gasteiger partial charge in [-0.1, -0.05) is 12.5 Å². The number of allylic oxidation sites excluding steroid dienone is 3. The standard InChI is InChI=1S/C13H20O/c1-2-4-8-12(7-3-1)13-9-5-6-10-14-11-13/h7,11H,1-6,8-10H2. The summed E-state index contributed by atoms with van der Waals surface area (Å²) in [6.45, 7) is 0.913. The highest BCUT2D eigenvalue weighted by Gasteiger charge is 2.10. The second kappa shape index (κ2) is 5.23. The molecular weight excluding hydrogens is 172 g/mol. The summed E-state index contributed by atoms with van der Waals surface area (Å²) in [7, 11) is 0. The largest absolute Gasteiger partial charge is 0.501 e. The second-order valence-electron chi connectivity index (χ2n) is 4.30. The van der Waals surface area contributed by atoms with Gasteiger partial charge in [-0.15, -0.1) is 0 Å². The maximum Gasteiger partial charge on any atom is 0.0873 e. The van der Waals surface area contributed by atoms with Crippen LogP contribution >= 0.6 is 0 Å². The van der Waals surface area contributed by atoms with E-state index in [4.69, 9.17) is 4.74 Å². The molecule has 0 amide bonds. The summed E-state index contributed by atoms with van der Waals surface area (Å²) in [5.74, 6) is 0. The summed E-state index contributed by atoms with van der Waals surface area (Å²) in [6, 6.07) is 0. The van der Waals surface area contributed by atoms with E-state index < -0.39 is 0 Å². The SMILES string of the molecule is C1=C(C2=COCCCC2)CCCCC1. The molecule has 0 radical (unpaired) electrons. The molecule has 1 aliphatic carbocycles. The highest BCUT2D eigenvalue weighted by Crippen LogP contribution is 2.27. The van der Waals surface area contributed by atoms with Crippen molar-refractivity contribution in [3.05, 3.63) is 23.5 Å². The topological polar surface area (TPSA) is 9.23 Å². The number of rotatable bonds is 1. The smallest absolute Gasteiger partial charge is 0.0873 e. The van der Waals surface area contributed by atoms with Gasteiger partial charge in [0.1, 0.15) is 0 Å². The Bertz CT molecular complexity index is 212. The fraction of sp³-hybridized carbons (Fsp3) is 0.692. The lowest BCUT2D eigenvalue weighted by Gasteiger charge is -2.08. The van der Waals surface area contributed by atoms with Crippen molar-refractivity contribution in [2.24, 2.45) is 0 Å². The number of hydrogen-bond acceptors (Lipinski definition) is 1. The molecular formula is C13H20O. The first-order valence-electron chi connectivity index (χ1n) is 5.97. The normalized spacial score (nSPS) is 24.0. The minimum Gasteiger partial charge on any atom is -0.501 e. The fourth-order valence-electron chi connectivity index (χ4n) is 2.26. The summed E-state index contributed by atoms with van der Waals surface area (Å²) in [5, 5.41) is 0. The third-order valence-corrected chi connectivity index (χ3v) is 3.14. The molecule has 1 nitrogen and oxygen atoms in total. The van der Waals surface area contributed by atoms with Crippen LogP contribution in [0.25, 0.3) is 0 Å². The lowest BCUT2D eigenvalue weighted by molar-refractivity contribution is 0.248. The molecule has 0 aromatic heterocycles. The van der Waals surface area contributed by atoms with E-state index in [2.05, 4.69) is 6.08 Å². The zero-order valence-electron chi connectivity index (χ0n) is 8.93. The van der Waals surface area contributed by atoms with Gasteiger partial charge in [-0.05, 0) is 56.1 Å². The van der Waals surface area contributed by atoms with Crippen molar-refractivity contribution >= 4 is 0 Å². The zero-order valence-corrected chi connectivity index (χ0v) is 8.93. The van der Waals surface area contributed by atoms with E-state index in [1.807, 2.05) is 6.26 Å². The Morgan fingerprint density at radius 2 is 1.71 bits per heavy atom. The van der Waals surface area contributed by atoms with Gasteiger partial charge >= 0.3 is 0 Å². The molecule has 0 fully saturated rings. The van der Waals surface area contributed by atoms with Crippen molar-refractivity contribution in [3.63, 3.8) is 0 Å². The molecule has 0 N–H and O–H groups in total. The first-order chi connectivity index (χ1) is 6.97. The average molecular weight is 192 g/mol. The van der Waals surface area contributed by atoms with Crippen LogP contribution in [0.3, 0.4) is 0 Å². The zero-order chi connectivity index (χ0) is 9.64. The Labute approximate surface area is 86.8 Å². The Morgan fingerprint density at radius 1 is 0.857 bits per heavy atom. The summed E-state index contributed by atoms with van der Waals surface area (Å²) in [4.78, 5) is 0. The first-order valence-corrected chi connectivity index (χ1v) is 5.97. The predicted molar refractivity (Wildman–Crippen MR) is 59.1 cm³/mol. The van der Waals surface area contributed by atoms with Crippen LogP contribution in [-0.4, -0.2) is 6.61 Å². The van der Waals surface area contributed by atoms with Crippen LogP contribution in [0.15, 0.2) is 23.5 Å². The van der Waals surface area contributed by atoms with Crippen LogP contribution in [0.2, 0.25) is 0 Å². The first kappa shape index (κ1) is 9.82. The molecule has 0 aromatic carbocycles. The minimum absolute atomic E-state index is 0.913. The molecule has 0 saturated heterocycles. The van der Waals surface area contributed by atoms with Crippen LogP contribution in [0, 0.1) is 0 Å². The van der Waals surface area contributed by atoms with E-state index in [-0.39, 0.29) is 0 Å². The molecule has 1 heteroatoms. The highest BCUT2D eigenvalue weighted by atomic mass is 16.5. The predicted octanol–water partition coefficient (Wildman–Crippen LogP) is 3.96. The Kier molecular flexibility index (Phi) is 3.67. The van der Waals surface area contributed by atoms with Crippen molar-refractivity contribution in [1.29, 1.82) is 0 Å². The molecule has 0 unspecified atom stereocenters. The van der Waals surface area contributed by atoms with Gasteiger partial charge in [0, 0.05) is 0 Å². The molecule has 0 saturated carbocycles. The van der Waals surface area contributed by atoms with E-state index in [9.17, 15) is 0 Å². The van der Waals surface area contributed by atoms with Crippen molar-refractivity contribution < 1.29 is 4.74 Å². The van der Waals surface area contributed by atoms with Crippen LogP contribution < -0.4 is 0 Å². The second-order valence-corrected chi connectivity index (χ2v) is 4.30. The van der Waals surface area contributed by atoms with Crippen molar-refractivity contribution in [1.82, 2.24) is 0 Å². The molecule has 2 aliphatic rings. The molecule has 2 rings (SSSR count). The van der Waals surface area contributed by atoms with Gasteiger partial charge in [0.15, 0.2) is 0 Å². The summed E-state index contributed by atoms with van der Waals surface area (Å²) in [6.07, 6.45) is 14.9. The van der Waals surface area contributed by atoms with E-state index in [1.54, 1.807) is 5.57 Å². The summed E-state index contributed by atoms with van der Waals surface area (Å²) >= 11 is 0. The van der Waals surface area contributed by atoms with Gasteiger partial charge in [0.05, 0.1) is 12.9 Å². The maximum atomic E-state index is 5.50. The van der Waals surface area contributed by atoms with E-state index in [1.165, 1.54) is 56.9 Å². The third kappa shape index (κ3) is 2.63. The van der Waals surface area contributed by atoms with Gasteiger partial charge in [-0.3, -0.25) is 0 Å². The average Bonchev–Trinajstić information content (AvgIpc) is 2.62. The Hall–Kier alpha value is -0.720. The van der Waals surface area contributed by atoms with Crippen LogP contribution in [0.1, 0.15) is 51.4 Å². The maximum absolute atomic E-state index is 5.50. The van der Waals surface area contributed by atoms with Crippen molar-refractivity contribution in [2.45, 2.75) is 51.4 Å². The van der Waals surface area contributed by atoms with Crippen molar-refractivity contribution in [2.75, 3.05) is 6.61 Å². The lowest BCUT2D eigenvalue weighted by atomic mass is 9.98. The Balaban J connectivity index is 2.03. The molecule has 0 bridgehead atoms. The van der Waals surface area contributed by atoms with Crippen molar-refractivity contribution in [3.8, 4) is 0 Å². The van der Waals surface area contributed by atoms with Gasteiger partial charge in [-0.2, -0.15) is 0 Å². The van der Waals surface area contributed by atoms with Gasteiger partial charge < -0.3 is 4.74 Å². The van der Waals surface area contributed by atoms with E-state index in [0.717, 1.165) is 6.61 Å². The fourth-order valence-corrected chi connectivity index (χ4v) is 2.26. The lowest BCUT2D eigenvalue weighted by Crippen LogP contribution is -1.89. The molecule has 14 heavy (non-hydrogen) atoms. The van der Waals surface area contributed by atoms with Gasteiger partial charge in [0.25, 0.3) is 0 Å². The quantitative estimate of drug-likeness (QED) is 0.611. The minimum atomic E-state index is 0.913. The number of hydrogen-bond donors (Lipinski definition) is 0.